The van der Waals surface area contributed by atoms with Gasteiger partial charge in [-0.2, -0.15) is 4.98 Å². The highest BCUT2D eigenvalue weighted by Gasteiger charge is 2.42. The number of nitrogens with zero attached hydrogens (tertiary/aromatic N) is 5. The van der Waals surface area contributed by atoms with Crippen LogP contribution in [0.2, 0.25) is 0 Å². The van der Waals surface area contributed by atoms with Gasteiger partial charge >= 0.3 is 0 Å². The maximum Gasteiger partial charge on any atom is 0.277 e. The van der Waals surface area contributed by atoms with E-state index in [1.165, 1.54) is 6.33 Å². The lowest BCUT2D eigenvalue weighted by Crippen LogP contribution is -2.37. The van der Waals surface area contributed by atoms with Crippen molar-refractivity contribution in [2.24, 2.45) is 0 Å². The molecule has 16 nitrogen and oxygen atoms in total. The van der Waals surface area contributed by atoms with E-state index in [-0.39, 0.29) is 29.8 Å². The van der Waals surface area contributed by atoms with Crippen LogP contribution in [0.4, 0.5) is 23.3 Å². The minimum Gasteiger partial charge on any atom is -0.388 e. The van der Waals surface area contributed by atoms with Gasteiger partial charge in [0.25, 0.3) is 5.56 Å². The van der Waals surface area contributed by atoms with Crippen LogP contribution in [0.1, 0.15) is 31.9 Å². The molecule has 9 N–H and O–H groups in total. The first-order valence-corrected chi connectivity index (χ1v) is 12.4. The number of aromatic nitrogens is 6. The number of aliphatic hydroxyl groups is 2. The summed E-state index contributed by atoms with van der Waals surface area (Å²) in [5.41, 5.74) is 12.3. The summed E-state index contributed by atoms with van der Waals surface area (Å²) in [7, 11) is 1.55. The van der Waals surface area contributed by atoms with Crippen molar-refractivity contribution in [1.82, 2.24) is 29.5 Å². The van der Waals surface area contributed by atoms with Gasteiger partial charge in [-0.05, 0) is 25.7 Å². The van der Waals surface area contributed by atoms with E-state index >= 15 is 0 Å². The maximum absolute atomic E-state index is 12.0. The number of H-pyrrole nitrogens is 1. The number of ether oxygens (including phenoxy) is 3. The van der Waals surface area contributed by atoms with E-state index in [0.29, 0.717) is 43.0 Å². The Labute approximate surface area is 216 Å². The van der Waals surface area contributed by atoms with Crippen LogP contribution < -0.4 is 27.7 Å². The predicted octanol–water partition coefficient (Wildman–Crippen LogP) is -0.851. The van der Waals surface area contributed by atoms with E-state index in [2.05, 4.69) is 35.6 Å². The van der Waals surface area contributed by atoms with E-state index in [9.17, 15) is 15.0 Å². The molecule has 2 aliphatic heterocycles. The van der Waals surface area contributed by atoms with Crippen molar-refractivity contribution in [2.45, 2.75) is 62.6 Å². The van der Waals surface area contributed by atoms with Gasteiger partial charge in [0.05, 0.1) is 25.1 Å². The Morgan fingerprint density at radius 2 is 2.05 bits per heavy atom. The van der Waals surface area contributed by atoms with Crippen LogP contribution in [0.3, 0.4) is 0 Å². The molecule has 3 aromatic heterocycles. The summed E-state index contributed by atoms with van der Waals surface area (Å²) >= 11 is 0. The molecule has 0 spiro atoms. The average Bonchev–Trinajstić information content (AvgIpc) is 3.59. The lowest BCUT2D eigenvalue weighted by atomic mass is 10.1. The molecule has 5 rings (SSSR count). The lowest BCUT2D eigenvalue weighted by molar-refractivity contribution is -0.0431. The molecule has 0 aliphatic carbocycles. The molecule has 0 bridgehead atoms. The number of imidazole rings is 1. The minimum atomic E-state index is -1.23. The van der Waals surface area contributed by atoms with Gasteiger partial charge in [-0.1, -0.05) is 0 Å². The van der Waals surface area contributed by atoms with Crippen molar-refractivity contribution in [3.05, 3.63) is 23.0 Å². The van der Waals surface area contributed by atoms with Gasteiger partial charge in [-0.25, -0.2) is 15.0 Å². The third-order valence-electron chi connectivity index (χ3n) is 6.69. The Kier molecular flexibility index (Phi) is 7.57. The van der Waals surface area contributed by atoms with Crippen molar-refractivity contribution in [2.75, 3.05) is 42.4 Å². The second kappa shape index (κ2) is 11.0. The van der Waals surface area contributed by atoms with Crippen molar-refractivity contribution in [1.29, 1.82) is 0 Å². The van der Waals surface area contributed by atoms with E-state index in [4.69, 9.17) is 25.7 Å². The molecule has 38 heavy (non-hydrogen) atoms. The summed E-state index contributed by atoms with van der Waals surface area (Å²) in [6, 6.07) is 0. The molecule has 3 aromatic rings. The largest absolute Gasteiger partial charge is 0.388 e. The van der Waals surface area contributed by atoms with Gasteiger partial charge < -0.3 is 46.5 Å². The Bertz CT molecular complexity index is 1320. The van der Waals surface area contributed by atoms with E-state index in [1.807, 2.05) is 4.57 Å². The summed E-state index contributed by atoms with van der Waals surface area (Å²) in [4.78, 5) is 31.0. The number of nitrogens with two attached hydrogens (primary N) is 2. The number of anilines is 4. The van der Waals surface area contributed by atoms with Gasteiger partial charge in [0.15, 0.2) is 23.5 Å². The Hall–Kier alpha value is -3.57. The zero-order valence-electron chi connectivity index (χ0n) is 20.8. The third kappa shape index (κ3) is 5.21. The van der Waals surface area contributed by atoms with Crippen LogP contribution in [0.15, 0.2) is 17.4 Å². The molecular formula is C22H32N10O6. The second-order valence-electron chi connectivity index (χ2n) is 9.24. The van der Waals surface area contributed by atoms with Crippen LogP contribution in [-0.4, -0.2) is 90.6 Å². The quantitative estimate of drug-likeness (QED) is 0.158. The molecule has 0 aromatic carbocycles. The molecule has 0 amide bonds. The minimum absolute atomic E-state index is 0.0734. The Morgan fingerprint density at radius 1 is 1.21 bits per heavy atom. The topological polar surface area (TPSA) is 234 Å². The maximum atomic E-state index is 12.0. The molecule has 0 radical (unpaired) electrons. The first-order chi connectivity index (χ1) is 18.4. The average molecular weight is 533 g/mol. The fraction of sp³-hybridized carbons (Fsp3) is 0.591. The SMILES string of the molecule is CNc1c(NC2OC(CCCOCC3CC[C@H](n4cnc5c(N)ncnc54)O3)C(O)C2O)nc(N)[nH]c1=O. The third-order valence-corrected chi connectivity index (χ3v) is 6.69. The number of nitrogen functional groups attached to an aromatic ring is 2. The first kappa shape index (κ1) is 26.1. The number of aliphatic hydroxyl groups excluding tert-OH is 2. The van der Waals surface area contributed by atoms with Crippen molar-refractivity contribution < 1.29 is 24.4 Å². The summed E-state index contributed by atoms with van der Waals surface area (Å²) in [5, 5.41) is 26.5. The fourth-order valence-electron chi connectivity index (χ4n) is 4.76. The molecule has 2 saturated heterocycles. The molecule has 2 aliphatic rings. The number of fused-ring (bicyclic) bond motifs is 1. The summed E-state index contributed by atoms with van der Waals surface area (Å²) < 4.78 is 19.6. The van der Waals surface area contributed by atoms with Crippen LogP contribution in [0, 0.1) is 0 Å². The molecular weight excluding hydrogens is 500 g/mol. The van der Waals surface area contributed by atoms with Gasteiger partial charge in [0.2, 0.25) is 5.95 Å². The molecule has 206 valence electrons. The Balaban J connectivity index is 1.06. The number of hydrogen-bond donors (Lipinski definition) is 7. The molecule has 2 fully saturated rings. The number of aromatic amines is 1. The summed E-state index contributed by atoms with van der Waals surface area (Å²) in [5.74, 6) is 0.355. The molecule has 6 atom stereocenters. The fourth-order valence-corrected chi connectivity index (χ4v) is 4.76. The van der Waals surface area contributed by atoms with Crippen molar-refractivity contribution in [3.8, 4) is 0 Å². The monoisotopic (exact) mass is 532 g/mol. The highest BCUT2D eigenvalue weighted by molar-refractivity contribution is 5.81. The molecule has 0 saturated carbocycles. The highest BCUT2D eigenvalue weighted by Crippen LogP contribution is 2.31. The molecule has 5 unspecified atom stereocenters. The van der Waals surface area contributed by atoms with Gasteiger partial charge in [-0.15, -0.1) is 0 Å². The van der Waals surface area contributed by atoms with Crippen LogP contribution >= 0.6 is 0 Å². The van der Waals surface area contributed by atoms with Crippen molar-refractivity contribution >= 4 is 34.4 Å². The second-order valence-corrected chi connectivity index (χ2v) is 9.24. The van der Waals surface area contributed by atoms with E-state index < -0.39 is 30.1 Å². The number of hydrogen-bond acceptors (Lipinski definition) is 14. The molecule has 16 heteroatoms. The van der Waals surface area contributed by atoms with Gasteiger partial charge in [0, 0.05) is 13.7 Å². The number of rotatable bonds is 10. The van der Waals surface area contributed by atoms with Crippen LogP contribution in [0.5, 0.6) is 0 Å². The summed E-state index contributed by atoms with van der Waals surface area (Å²) in [6.07, 6.45) is 1.51. The van der Waals surface area contributed by atoms with Crippen LogP contribution in [0.25, 0.3) is 11.2 Å². The zero-order chi connectivity index (χ0) is 26.8. The first-order valence-electron chi connectivity index (χ1n) is 12.4. The smallest absolute Gasteiger partial charge is 0.277 e. The lowest BCUT2D eigenvalue weighted by Gasteiger charge is -2.19. The normalized spacial score (nSPS) is 27.2. The highest BCUT2D eigenvalue weighted by atomic mass is 16.6. The van der Waals surface area contributed by atoms with Gasteiger partial charge in [-0.3, -0.25) is 14.3 Å². The van der Waals surface area contributed by atoms with Crippen LogP contribution in [-0.2, 0) is 14.2 Å². The Morgan fingerprint density at radius 3 is 2.87 bits per heavy atom. The van der Waals surface area contributed by atoms with E-state index in [1.54, 1.807) is 13.4 Å². The van der Waals surface area contributed by atoms with Gasteiger partial charge in [0.1, 0.15) is 36.0 Å². The zero-order valence-corrected chi connectivity index (χ0v) is 20.8. The summed E-state index contributed by atoms with van der Waals surface area (Å²) in [6.45, 7) is 0.850. The van der Waals surface area contributed by atoms with Crippen molar-refractivity contribution in [3.63, 3.8) is 0 Å². The molecule has 5 heterocycles. The number of nitrogens with one attached hydrogen (secondary N) is 3. The standard InChI is InChI=1S/C22H32N10O6/c1-25-14-18(30-22(24)31-20(14)35)29-21-16(34)15(33)11(38-21)3-2-6-36-7-10-4-5-12(37-10)32-9-28-13-17(23)26-8-27-19(13)32/h8-12,15-16,21,25,33-34H,2-7H2,1H3,(H2,23,26,27)(H4,24,29,30,31,35)/t10?,11?,12-,15?,16?,21?/m1/s1. The van der Waals surface area contributed by atoms with E-state index in [0.717, 1.165) is 12.8 Å². The predicted molar refractivity (Wildman–Crippen MR) is 136 cm³/mol.